The van der Waals surface area contributed by atoms with E-state index < -0.39 is 0 Å². The van der Waals surface area contributed by atoms with E-state index in [1.807, 2.05) is 12.3 Å². The maximum absolute atomic E-state index is 6.19. The normalized spacial score (nSPS) is 10.5. The molecule has 0 saturated heterocycles. The first kappa shape index (κ1) is 16.5. The molecule has 1 aromatic carbocycles. The second-order valence-electron chi connectivity index (χ2n) is 5.43. The SMILES string of the molecule is Clc1cccc(Cl)c1Cn1cc(C#Cc2cc(-c3ccco3)on2)cn1. The largest absolute Gasteiger partial charge is 0.461 e. The minimum absolute atomic E-state index is 0.465. The van der Waals surface area contributed by atoms with Crippen LogP contribution < -0.4 is 0 Å². The Bertz CT molecular complexity index is 1080. The van der Waals surface area contributed by atoms with E-state index >= 15 is 0 Å². The van der Waals surface area contributed by atoms with Gasteiger partial charge in [0, 0.05) is 27.9 Å². The zero-order valence-electron chi connectivity index (χ0n) is 13.3. The van der Waals surface area contributed by atoms with Crippen molar-refractivity contribution >= 4 is 23.2 Å². The highest BCUT2D eigenvalue weighted by Gasteiger charge is 2.08. The Morgan fingerprint density at radius 2 is 1.88 bits per heavy atom. The number of halogens is 2. The van der Waals surface area contributed by atoms with Gasteiger partial charge >= 0.3 is 0 Å². The van der Waals surface area contributed by atoms with Crippen LogP contribution in [-0.4, -0.2) is 14.9 Å². The van der Waals surface area contributed by atoms with Crippen molar-refractivity contribution < 1.29 is 8.94 Å². The Hall–Kier alpha value is -2.94. The Balaban J connectivity index is 1.50. The lowest BCUT2D eigenvalue weighted by atomic mass is 10.2. The molecule has 0 N–H and O–H groups in total. The van der Waals surface area contributed by atoms with E-state index in [1.54, 1.807) is 47.5 Å². The molecule has 4 aromatic rings. The average molecular weight is 384 g/mol. The summed E-state index contributed by atoms with van der Waals surface area (Å²) in [6.07, 6.45) is 5.06. The van der Waals surface area contributed by atoms with Crippen LogP contribution in [0.5, 0.6) is 0 Å². The van der Waals surface area contributed by atoms with Gasteiger partial charge in [-0.1, -0.05) is 40.3 Å². The van der Waals surface area contributed by atoms with Gasteiger partial charge in [-0.2, -0.15) is 5.10 Å². The number of hydrogen-bond donors (Lipinski definition) is 0. The number of nitrogens with zero attached hydrogens (tertiary/aromatic N) is 3. The summed E-state index contributed by atoms with van der Waals surface area (Å²) in [5.74, 6) is 7.08. The predicted molar refractivity (Wildman–Crippen MR) is 98.0 cm³/mol. The first-order valence-corrected chi connectivity index (χ1v) is 8.42. The van der Waals surface area contributed by atoms with Crippen LogP contribution in [0, 0.1) is 11.8 Å². The second-order valence-corrected chi connectivity index (χ2v) is 6.24. The molecule has 0 amide bonds. The van der Waals surface area contributed by atoms with Crippen LogP contribution in [0.1, 0.15) is 16.8 Å². The number of benzene rings is 1. The van der Waals surface area contributed by atoms with Gasteiger partial charge in [0.15, 0.2) is 11.5 Å². The molecule has 0 bridgehead atoms. The molecule has 0 fully saturated rings. The topological polar surface area (TPSA) is 57.0 Å². The smallest absolute Gasteiger partial charge is 0.203 e. The molecule has 128 valence electrons. The third-order valence-corrected chi connectivity index (χ3v) is 4.33. The predicted octanol–water partition coefficient (Wildman–Crippen LogP) is 4.89. The monoisotopic (exact) mass is 383 g/mol. The van der Waals surface area contributed by atoms with Crippen molar-refractivity contribution in [2.24, 2.45) is 0 Å². The van der Waals surface area contributed by atoms with Crippen LogP contribution in [0.3, 0.4) is 0 Å². The van der Waals surface area contributed by atoms with E-state index in [9.17, 15) is 0 Å². The Labute approximate surface area is 159 Å². The first-order chi connectivity index (χ1) is 12.7. The highest BCUT2D eigenvalue weighted by atomic mass is 35.5. The number of hydrogen-bond acceptors (Lipinski definition) is 4. The van der Waals surface area contributed by atoms with Gasteiger partial charge in [-0.25, -0.2) is 0 Å². The van der Waals surface area contributed by atoms with Crippen LogP contribution in [-0.2, 0) is 6.54 Å². The zero-order chi connectivity index (χ0) is 17.9. The van der Waals surface area contributed by atoms with Gasteiger partial charge in [0.25, 0.3) is 0 Å². The molecular weight excluding hydrogens is 373 g/mol. The van der Waals surface area contributed by atoms with Crippen LogP contribution in [0.4, 0.5) is 0 Å². The summed E-state index contributed by atoms with van der Waals surface area (Å²) >= 11 is 12.4. The van der Waals surface area contributed by atoms with Gasteiger partial charge in [-0.15, -0.1) is 0 Å². The van der Waals surface area contributed by atoms with Crippen LogP contribution in [0.25, 0.3) is 11.5 Å². The fourth-order valence-corrected chi connectivity index (χ4v) is 2.88. The molecule has 0 aliphatic rings. The van der Waals surface area contributed by atoms with Crippen molar-refractivity contribution in [3.05, 3.63) is 81.9 Å². The molecule has 3 heterocycles. The maximum atomic E-state index is 6.19. The third kappa shape index (κ3) is 3.52. The van der Waals surface area contributed by atoms with Crippen molar-refractivity contribution in [2.75, 3.05) is 0 Å². The molecule has 0 atom stereocenters. The summed E-state index contributed by atoms with van der Waals surface area (Å²) in [4.78, 5) is 0. The van der Waals surface area contributed by atoms with Crippen LogP contribution in [0.2, 0.25) is 10.0 Å². The summed E-state index contributed by atoms with van der Waals surface area (Å²) in [5, 5.41) is 9.41. The van der Waals surface area contributed by atoms with E-state index in [4.69, 9.17) is 32.1 Å². The number of rotatable bonds is 3. The van der Waals surface area contributed by atoms with Crippen molar-refractivity contribution in [3.63, 3.8) is 0 Å². The maximum Gasteiger partial charge on any atom is 0.203 e. The van der Waals surface area contributed by atoms with E-state index in [2.05, 4.69) is 22.1 Å². The number of furan rings is 1. The van der Waals surface area contributed by atoms with E-state index in [0.29, 0.717) is 33.8 Å². The van der Waals surface area contributed by atoms with E-state index in [1.165, 1.54) is 0 Å². The summed E-state index contributed by atoms with van der Waals surface area (Å²) in [7, 11) is 0. The molecule has 0 aliphatic heterocycles. The average Bonchev–Trinajstić information content (AvgIpc) is 3.38. The minimum atomic E-state index is 0.465. The lowest BCUT2D eigenvalue weighted by molar-refractivity contribution is 0.416. The summed E-state index contributed by atoms with van der Waals surface area (Å²) in [6.45, 7) is 0.465. The molecule has 0 spiro atoms. The Morgan fingerprint density at radius 1 is 1.04 bits per heavy atom. The molecule has 3 aromatic heterocycles. The lowest BCUT2D eigenvalue weighted by Gasteiger charge is -2.06. The fourth-order valence-electron chi connectivity index (χ4n) is 2.37. The summed E-state index contributed by atoms with van der Waals surface area (Å²) in [5.41, 5.74) is 2.08. The molecule has 7 heteroatoms. The van der Waals surface area contributed by atoms with Crippen molar-refractivity contribution in [1.29, 1.82) is 0 Å². The van der Waals surface area contributed by atoms with E-state index in [-0.39, 0.29) is 0 Å². The van der Waals surface area contributed by atoms with E-state index in [0.717, 1.165) is 11.1 Å². The molecule has 0 aliphatic carbocycles. The molecule has 5 nitrogen and oxygen atoms in total. The lowest BCUT2D eigenvalue weighted by Crippen LogP contribution is -2.01. The Kier molecular flexibility index (Phi) is 4.53. The van der Waals surface area contributed by atoms with Gasteiger partial charge < -0.3 is 8.94 Å². The molecule has 0 unspecified atom stereocenters. The number of aromatic nitrogens is 3. The Morgan fingerprint density at radius 3 is 2.65 bits per heavy atom. The summed E-state index contributed by atoms with van der Waals surface area (Å²) in [6, 6.07) is 10.7. The van der Waals surface area contributed by atoms with Crippen molar-refractivity contribution in [3.8, 4) is 23.4 Å². The van der Waals surface area contributed by atoms with Crippen LogP contribution in [0.15, 0.2) is 64.0 Å². The van der Waals surface area contributed by atoms with Gasteiger partial charge in [-0.3, -0.25) is 4.68 Å². The molecular formula is C19H11Cl2N3O2. The quantitative estimate of drug-likeness (QED) is 0.472. The van der Waals surface area contributed by atoms with Crippen molar-refractivity contribution in [2.45, 2.75) is 6.54 Å². The van der Waals surface area contributed by atoms with Crippen LogP contribution >= 0.6 is 23.2 Å². The van der Waals surface area contributed by atoms with Gasteiger partial charge in [0.05, 0.1) is 24.6 Å². The second kappa shape index (κ2) is 7.12. The molecule has 4 rings (SSSR count). The zero-order valence-corrected chi connectivity index (χ0v) is 14.8. The van der Waals surface area contributed by atoms with Gasteiger partial charge in [0.2, 0.25) is 5.76 Å². The summed E-state index contributed by atoms with van der Waals surface area (Å²) < 4.78 is 12.2. The molecule has 26 heavy (non-hydrogen) atoms. The highest BCUT2D eigenvalue weighted by molar-refractivity contribution is 6.35. The molecule has 0 saturated carbocycles. The standard InChI is InChI=1S/C19H11Cl2N3O2/c20-16-3-1-4-17(21)15(16)12-24-11-13(10-22-24)6-7-14-9-19(26-23-14)18-5-2-8-25-18/h1-5,8-11H,12H2. The minimum Gasteiger partial charge on any atom is -0.461 e. The third-order valence-electron chi connectivity index (χ3n) is 3.62. The fraction of sp³-hybridized carbons (Fsp3) is 0.0526. The highest BCUT2D eigenvalue weighted by Crippen LogP contribution is 2.25. The van der Waals surface area contributed by atoms with Gasteiger partial charge in [0.1, 0.15) is 0 Å². The molecule has 0 radical (unpaired) electrons. The first-order valence-electron chi connectivity index (χ1n) is 7.67. The van der Waals surface area contributed by atoms with Gasteiger partial charge in [-0.05, 0) is 30.2 Å². The van der Waals surface area contributed by atoms with Crippen molar-refractivity contribution in [1.82, 2.24) is 14.9 Å².